The number of H-pyrrole nitrogens is 1. The molecule has 1 aliphatic rings. The predicted octanol–water partition coefficient (Wildman–Crippen LogP) is 3.00. The average Bonchev–Trinajstić information content (AvgIpc) is 3.33. The van der Waals surface area contributed by atoms with E-state index in [2.05, 4.69) is 45.5 Å². The maximum Gasteiger partial charge on any atom is 0.161 e. The lowest BCUT2D eigenvalue weighted by Crippen LogP contribution is -2.13. The van der Waals surface area contributed by atoms with E-state index >= 15 is 0 Å². The molecule has 4 aromatic rings. The number of nitrogens with two attached hydrogens (primary N) is 2. The first-order chi connectivity index (χ1) is 13.7. The van der Waals surface area contributed by atoms with Crippen molar-refractivity contribution in [2.45, 2.75) is 18.3 Å². The minimum Gasteiger partial charge on any atom is -0.495 e. The van der Waals surface area contributed by atoms with Crippen LogP contribution >= 0.6 is 0 Å². The number of aromatic amines is 1. The van der Waals surface area contributed by atoms with Crippen LogP contribution in [-0.4, -0.2) is 27.3 Å². The van der Waals surface area contributed by atoms with Crippen LogP contribution in [0.15, 0.2) is 48.7 Å². The SMILES string of the molecule is COc1cc(C2c3ccccc3CC2c2nc(N)c3cn[nH]c3n2)ccc1N. The zero-order valence-electron chi connectivity index (χ0n) is 15.4. The number of nitrogens with one attached hydrogen (secondary N) is 1. The van der Waals surface area contributed by atoms with Crippen LogP contribution in [0.2, 0.25) is 0 Å². The molecule has 0 saturated carbocycles. The van der Waals surface area contributed by atoms with Gasteiger partial charge in [0.2, 0.25) is 0 Å². The quantitative estimate of drug-likeness (QED) is 0.476. The van der Waals surface area contributed by atoms with Crippen LogP contribution in [0.3, 0.4) is 0 Å². The first kappa shape index (κ1) is 16.6. The third-order valence-corrected chi connectivity index (χ3v) is 5.54. The number of hydrogen-bond donors (Lipinski definition) is 3. The van der Waals surface area contributed by atoms with Gasteiger partial charge in [-0.25, -0.2) is 9.97 Å². The fourth-order valence-corrected chi connectivity index (χ4v) is 4.21. The number of benzene rings is 2. The number of nitrogen functional groups attached to an aromatic ring is 2. The summed E-state index contributed by atoms with van der Waals surface area (Å²) in [6.45, 7) is 0. The minimum atomic E-state index is 0.0562. The fraction of sp³-hybridized carbons (Fsp3) is 0.190. The molecule has 2 aromatic heterocycles. The van der Waals surface area contributed by atoms with Crippen molar-refractivity contribution in [2.75, 3.05) is 18.6 Å². The third kappa shape index (κ3) is 2.47. The summed E-state index contributed by atoms with van der Waals surface area (Å²) in [5.74, 6) is 1.97. The van der Waals surface area contributed by atoms with Gasteiger partial charge in [0.1, 0.15) is 17.4 Å². The van der Waals surface area contributed by atoms with Gasteiger partial charge in [0.25, 0.3) is 0 Å². The van der Waals surface area contributed by atoms with Gasteiger partial charge in [-0.05, 0) is 35.2 Å². The summed E-state index contributed by atoms with van der Waals surface area (Å²) >= 11 is 0. The molecular weight excluding hydrogens is 352 g/mol. The van der Waals surface area contributed by atoms with Gasteiger partial charge in [-0.3, -0.25) is 5.10 Å². The van der Waals surface area contributed by atoms with E-state index in [4.69, 9.17) is 21.2 Å². The van der Waals surface area contributed by atoms with E-state index in [0.29, 0.717) is 28.7 Å². The Bertz CT molecular complexity index is 1180. The standard InChI is InChI=1S/C21H20N6O/c1-28-17-9-12(6-7-16(17)22)18-13-5-3-2-4-11(13)8-14(18)20-25-19(23)15-10-24-27-21(15)26-20/h2-7,9-10,14,18H,8,22H2,1H3,(H3,23,24,25,26,27). The molecule has 0 amide bonds. The first-order valence-corrected chi connectivity index (χ1v) is 9.13. The van der Waals surface area contributed by atoms with Gasteiger partial charge in [-0.1, -0.05) is 30.3 Å². The van der Waals surface area contributed by atoms with Crippen LogP contribution in [0, 0.1) is 0 Å². The van der Waals surface area contributed by atoms with E-state index in [0.717, 1.165) is 17.4 Å². The Labute approximate surface area is 161 Å². The molecule has 0 fully saturated rings. The zero-order valence-corrected chi connectivity index (χ0v) is 15.4. The summed E-state index contributed by atoms with van der Waals surface area (Å²) in [5, 5.41) is 7.69. The first-order valence-electron chi connectivity index (χ1n) is 9.13. The number of rotatable bonds is 3. The molecule has 2 heterocycles. The van der Waals surface area contributed by atoms with Crippen molar-refractivity contribution in [1.29, 1.82) is 0 Å². The molecule has 7 nitrogen and oxygen atoms in total. The molecule has 0 bridgehead atoms. The van der Waals surface area contributed by atoms with Gasteiger partial charge >= 0.3 is 0 Å². The summed E-state index contributed by atoms with van der Waals surface area (Å²) in [5.41, 5.74) is 17.2. The van der Waals surface area contributed by atoms with Crippen molar-refractivity contribution in [3.05, 3.63) is 71.2 Å². The van der Waals surface area contributed by atoms with Crippen molar-refractivity contribution in [1.82, 2.24) is 20.2 Å². The van der Waals surface area contributed by atoms with E-state index in [-0.39, 0.29) is 11.8 Å². The van der Waals surface area contributed by atoms with Crippen LogP contribution in [-0.2, 0) is 6.42 Å². The highest BCUT2D eigenvalue weighted by Gasteiger charge is 2.37. The molecule has 0 spiro atoms. The lowest BCUT2D eigenvalue weighted by atomic mass is 9.85. The number of hydrogen-bond acceptors (Lipinski definition) is 6. The maximum absolute atomic E-state index is 6.18. The van der Waals surface area contributed by atoms with Gasteiger partial charge in [-0.2, -0.15) is 5.10 Å². The number of nitrogens with zero attached hydrogens (tertiary/aromatic N) is 3. The molecule has 140 valence electrons. The molecule has 28 heavy (non-hydrogen) atoms. The fourth-order valence-electron chi connectivity index (χ4n) is 4.21. The van der Waals surface area contributed by atoms with Gasteiger partial charge in [-0.15, -0.1) is 0 Å². The average molecular weight is 372 g/mol. The number of anilines is 2. The highest BCUT2D eigenvalue weighted by Crippen LogP contribution is 2.48. The second-order valence-electron chi connectivity index (χ2n) is 7.09. The van der Waals surface area contributed by atoms with Crippen molar-refractivity contribution in [3.63, 3.8) is 0 Å². The zero-order chi connectivity index (χ0) is 19.3. The monoisotopic (exact) mass is 372 g/mol. The van der Waals surface area contributed by atoms with Crippen LogP contribution in [0.1, 0.15) is 34.4 Å². The van der Waals surface area contributed by atoms with E-state index in [1.807, 2.05) is 12.1 Å². The molecule has 2 atom stereocenters. The number of fused-ring (bicyclic) bond motifs is 2. The largest absolute Gasteiger partial charge is 0.495 e. The molecule has 7 heteroatoms. The highest BCUT2D eigenvalue weighted by molar-refractivity contribution is 5.84. The lowest BCUT2D eigenvalue weighted by molar-refractivity contribution is 0.416. The lowest BCUT2D eigenvalue weighted by Gasteiger charge is -2.21. The Hall–Kier alpha value is -3.61. The Morgan fingerprint density at radius 3 is 2.82 bits per heavy atom. The molecule has 0 saturated heterocycles. The van der Waals surface area contributed by atoms with Crippen LogP contribution in [0.4, 0.5) is 11.5 Å². The molecule has 5 N–H and O–H groups in total. The Morgan fingerprint density at radius 1 is 1.11 bits per heavy atom. The molecular formula is C21H20N6O. The number of methoxy groups -OCH3 is 1. The molecule has 5 rings (SSSR count). The van der Waals surface area contributed by atoms with Crippen LogP contribution in [0.5, 0.6) is 5.75 Å². The number of aromatic nitrogens is 4. The van der Waals surface area contributed by atoms with E-state index in [1.165, 1.54) is 11.1 Å². The van der Waals surface area contributed by atoms with Crippen LogP contribution < -0.4 is 16.2 Å². The minimum absolute atomic E-state index is 0.0562. The molecule has 2 unspecified atom stereocenters. The summed E-state index contributed by atoms with van der Waals surface area (Å²) in [7, 11) is 1.63. The van der Waals surface area contributed by atoms with Crippen molar-refractivity contribution in [2.24, 2.45) is 0 Å². The van der Waals surface area contributed by atoms with Crippen molar-refractivity contribution in [3.8, 4) is 5.75 Å². The van der Waals surface area contributed by atoms with Gasteiger partial charge in [0.15, 0.2) is 5.65 Å². The second-order valence-corrected chi connectivity index (χ2v) is 7.09. The Morgan fingerprint density at radius 2 is 1.96 bits per heavy atom. The summed E-state index contributed by atoms with van der Waals surface area (Å²) in [4.78, 5) is 9.36. The second kappa shape index (κ2) is 6.23. The molecule has 2 aromatic carbocycles. The van der Waals surface area contributed by atoms with Gasteiger partial charge in [0, 0.05) is 11.8 Å². The van der Waals surface area contributed by atoms with Crippen molar-refractivity contribution < 1.29 is 4.74 Å². The molecule has 0 aliphatic heterocycles. The summed E-state index contributed by atoms with van der Waals surface area (Å²) in [6, 6.07) is 14.4. The van der Waals surface area contributed by atoms with Crippen molar-refractivity contribution >= 4 is 22.5 Å². The summed E-state index contributed by atoms with van der Waals surface area (Å²) < 4.78 is 5.45. The van der Waals surface area contributed by atoms with E-state index < -0.39 is 0 Å². The Balaban J connectivity index is 1.68. The van der Waals surface area contributed by atoms with Crippen LogP contribution in [0.25, 0.3) is 11.0 Å². The number of ether oxygens (including phenoxy) is 1. The summed E-state index contributed by atoms with van der Waals surface area (Å²) in [6.07, 6.45) is 2.49. The predicted molar refractivity (Wildman–Crippen MR) is 108 cm³/mol. The maximum atomic E-state index is 6.18. The smallest absolute Gasteiger partial charge is 0.161 e. The van der Waals surface area contributed by atoms with Gasteiger partial charge in [0.05, 0.1) is 24.4 Å². The topological polar surface area (TPSA) is 116 Å². The van der Waals surface area contributed by atoms with E-state index in [9.17, 15) is 0 Å². The molecule has 0 radical (unpaired) electrons. The Kier molecular flexibility index (Phi) is 3.68. The van der Waals surface area contributed by atoms with Gasteiger partial charge < -0.3 is 16.2 Å². The van der Waals surface area contributed by atoms with E-state index in [1.54, 1.807) is 13.3 Å². The highest BCUT2D eigenvalue weighted by atomic mass is 16.5. The third-order valence-electron chi connectivity index (χ3n) is 5.54. The molecule has 1 aliphatic carbocycles. The normalized spacial score (nSPS) is 18.3.